The molecular formula is C31H34Cl2N2O5S2. The maximum absolute atomic E-state index is 14.8. The number of aliphatic carboxylic acids is 1. The third-order valence-corrected chi connectivity index (χ3v) is 12.4. The molecule has 2 fully saturated rings. The first kappa shape index (κ1) is 31.0. The van der Waals surface area contributed by atoms with Crippen LogP contribution in [0, 0.1) is 11.3 Å². The van der Waals surface area contributed by atoms with Crippen molar-refractivity contribution < 1.29 is 23.1 Å². The second-order valence-electron chi connectivity index (χ2n) is 11.4. The molecule has 1 saturated heterocycles. The van der Waals surface area contributed by atoms with Gasteiger partial charge in [0, 0.05) is 35.6 Å². The highest BCUT2D eigenvalue weighted by atomic mass is 35.5. The molecule has 3 aromatic rings. The number of benzene rings is 2. The van der Waals surface area contributed by atoms with Crippen molar-refractivity contribution in [1.29, 1.82) is 0 Å². The number of thiophene rings is 1. The minimum Gasteiger partial charge on any atom is -0.481 e. The Morgan fingerprint density at radius 2 is 1.81 bits per heavy atom. The van der Waals surface area contributed by atoms with Crippen LogP contribution in [-0.4, -0.2) is 54.2 Å². The summed E-state index contributed by atoms with van der Waals surface area (Å²) in [6.07, 6.45) is 2.05. The Labute approximate surface area is 261 Å². The van der Waals surface area contributed by atoms with E-state index in [0.29, 0.717) is 22.9 Å². The topological polar surface area (TPSA) is 95.0 Å². The lowest BCUT2D eigenvalue weighted by molar-refractivity contribution is -0.163. The van der Waals surface area contributed by atoms with Gasteiger partial charge in [-0.05, 0) is 78.4 Å². The quantitative estimate of drug-likeness (QED) is 0.240. The van der Waals surface area contributed by atoms with E-state index >= 15 is 0 Å². The Morgan fingerprint density at radius 3 is 2.38 bits per heavy atom. The van der Waals surface area contributed by atoms with Crippen LogP contribution in [0.15, 0.2) is 70.3 Å². The normalized spacial score (nSPS) is 23.7. The van der Waals surface area contributed by atoms with Crippen LogP contribution in [0.1, 0.15) is 62.1 Å². The van der Waals surface area contributed by atoms with Gasteiger partial charge in [0.2, 0.25) is 5.91 Å². The maximum atomic E-state index is 14.8. The number of carbonyl (C=O) groups excluding carboxylic acids is 1. The summed E-state index contributed by atoms with van der Waals surface area (Å²) in [4.78, 5) is 28.9. The minimum absolute atomic E-state index is 0.0854. The van der Waals surface area contributed by atoms with Crippen molar-refractivity contribution in [3.63, 3.8) is 0 Å². The van der Waals surface area contributed by atoms with Crippen molar-refractivity contribution >= 4 is 56.4 Å². The fraction of sp³-hybridized carbons (Fsp3) is 0.419. The van der Waals surface area contributed by atoms with Crippen molar-refractivity contribution in [2.75, 3.05) is 13.6 Å². The molecule has 1 saturated carbocycles. The average Bonchev–Trinajstić information content (AvgIpc) is 3.64. The number of piperidine rings is 1. The molecule has 2 aliphatic rings. The van der Waals surface area contributed by atoms with Crippen LogP contribution in [0.5, 0.6) is 0 Å². The lowest BCUT2D eigenvalue weighted by atomic mass is 9.64. The molecule has 1 N–H and O–H groups in total. The highest BCUT2D eigenvalue weighted by molar-refractivity contribution is 7.91. The van der Waals surface area contributed by atoms with Crippen LogP contribution >= 0.6 is 34.5 Å². The third kappa shape index (κ3) is 6.13. The molecular weight excluding hydrogens is 615 g/mol. The number of rotatable bonds is 11. The Morgan fingerprint density at radius 1 is 1.10 bits per heavy atom. The SMILES string of the molecule is CCC1(CC(=O)O)CC(c2cccc(Cl)c2)C(c2ccc(Cl)cc2)N(C(CN(C)S(=O)(=O)c2cccs2)C2CC2)C1=O. The smallest absolute Gasteiger partial charge is 0.304 e. The van der Waals surface area contributed by atoms with Gasteiger partial charge in [0.25, 0.3) is 10.0 Å². The Bertz CT molecular complexity index is 1540. The van der Waals surface area contributed by atoms with Crippen LogP contribution in [0.4, 0.5) is 0 Å². The molecule has 7 nitrogen and oxygen atoms in total. The van der Waals surface area contributed by atoms with Gasteiger partial charge in [0.15, 0.2) is 0 Å². The van der Waals surface area contributed by atoms with E-state index < -0.39 is 33.5 Å². The van der Waals surface area contributed by atoms with E-state index in [1.54, 1.807) is 42.8 Å². The molecule has 1 aliphatic heterocycles. The van der Waals surface area contributed by atoms with E-state index in [1.807, 2.05) is 42.2 Å². The zero-order chi connectivity index (χ0) is 30.2. The van der Waals surface area contributed by atoms with Gasteiger partial charge >= 0.3 is 5.97 Å². The van der Waals surface area contributed by atoms with E-state index in [2.05, 4.69) is 0 Å². The monoisotopic (exact) mass is 648 g/mol. The second-order valence-corrected chi connectivity index (χ2v) is 15.5. The van der Waals surface area contributed by atoms with Gasteiger partial charge in [-0.15, -0.1) is 11.3 Å². The average molecular weight is 650 g/mol. The van der Waals surface area contributed by atoms with E-state index in [1.165, 1.54) is 4.31 Å². The van der Waals surface area contributed by atoms with Gasteiger partial charge in [0.05, 0.1) is 17.9 Å². The maximum Gasteiger partial charge on any atom is 0.304 e. The molecule has 0 spiro atoms. The molecule has 42 heavy (non-hydrogen) atoms. The molecule has 2 aromatic carbocycles. The Kier molecular flexibility index (Phi) is 9.07. The number of carbonyl (C=O) groups is 2. The van der Waals surface area contributed by atoms with Crippen LogP contribution in [0.25, 0.3) is 0 Å². The summed E-state index contributed by atoms with van der Waals surface area (Å²) >= 11 is 13.9. The largest absolute Gasteiger partial charge is 0.481 e. The van der Waals surface area contributed by atoms with Crippen LogP contribution in [-0.2, 0) is 19.6 Å². The summed E-state index contributed by atoms with van der Waals surface area (Å²) in [6.45, 7) is 1.95. The molecule has 1 amide bonds. The number of nitrogens with zero attached hydrogens (tertiary/aromatic N) is 2. The molecule has 4 atom stereocenters. The number of likely N-dealkylation sites (tertiary alicyclic amines) is 1. The summed E-state index contributed by atoms with van der Waals surface area (Å²) in [5, 5.41) is 12.8. The lowest BCUT2D eigenvalue weighted by Gasteiger charge is -2.53. The van der Waals surface area contributed by atoms with Crippen LogP contribution < -0.4 is 0 Å². The fourth-order valence-electron chi connectivity index (χ4n) is 6.39. The number of carboxylic acid groups (broad SMARTS) is 1. The van der Waals surface area contributed by atoms with E-state index in [4.69, 9.17) is 23.2 Å². The van der Waals surface area contributed by atoms with Crippen molar-refractivity contribution in [3.05, 3.63) is 87.2 Å². The molecule has 4 unspecified atom stereocenters. The zero-order valence-corrected chi connectivity index (χ0v) is 26.6. The fourth-order valence-corrected chi connectivity index (χ4v) is 9.10. The molecule has 1 aromatic heterocycles. The Hall–Kier alpha value is -2.43. The predicted octanol–water partition coefficient (Wildman–Crippen LogP) is 7.08. The minimum atomic E-state index is -3.78. The van der Waals surface area contributed by atoms with Gasteiger partial charge in [-0.3, -0.25) is 9.59 Å². The predicted molar refractivity (Wildman–Crippen MR) is 165 cm³/mol. The summed E-state index contributed by atoms with van der Waals surface area (Å²) in [7, 11) is -2.23. The van der Waals surface area contributed by atoms with Gasteiger partial charge in [-0.1, -0.05) is 60.5 Å². The first-order valence-corrected chi connectivity index (χ1v) is 17.1. The van der Waals surface area contributed by atoms with Crippen molar-refractivity contribution in [2.24, 2.45) is 11.3 Å². The number of sulfonamides is 1. The summed E-state index contributed by atoms with van der Waals surface area (Å²) in [5.41, 5.74) is 0.588. The van der Waals surface area contributed by atoms with Crippen LogP contribution in [0.2, 0.25) is 10.0 Å². The molecule has 0 bridgehead atoms. The standard InChI is InChI=1S/C31H34Cl2N2O5S2/c1-3-31(18-27(36)37)17-25(22-6-4-7-24(33)16-22)29(21-11-13-23(32)14-12-21)35(30(31)38)26(20-9-10-20)19-34(2)42(39,40)28-8-5-15-41-28/h4-8,11-16,20,25-26,29H,3,9-10,17-19H2,1-2H3,(H,36,37). The number of hydrogen-bond donors (Lipinski definition) is 1. The lowest BCUT2D eigenvalue weighted by Crippen LogP contribution is -2.59. The zero-order valence-electron chi connectivity index (χ0n) is 23.4. The summed E-state index contributed by atoms with van der Waals surface area (Å²) < 4.78 is 28.6. The molecule has 0 radical (unpaired) electrons. The Balaban J connectivity index is 1.68. The van der Waals surface area contributed by atoms with E-state index in [-0.39, 0.29) is 34.9 Å². The van der Waals surface area contributed by atoms with Crippen LogP contribution in [0.3, 0.4) is 0 Å². The van der Waals surface area contributed by atoms with Gasteiger partial charge < -0.3 is 10.0 Å². The molecule has 1 aliphatic carbocycles. The van der Waals surface area contributed by atoms with Gasteiger partial charge in [-0.2, -0.15) is 4.31 Å². The van der Waals surface area contributed by atoms with E-state index in [0.717, 1.165) is 35.3 Å². The molecule has 5 rings (SSSR count). The van der Waals surface area contributed by atoms with Gasteiger partial charge in [-0.25, -0.2) is 8.42 Å². The number of halogens is 2. The first-order chi connectivity index (χ1) is 20.0. The third-order valence-electron chi connectivity index (χ3n) is 8.76. The molecule has 224 valence electrons. The highest BCUT2D eigenvalue weighted by Crippen LogP contribution is 2.55. The number of likely N-dealkylation sites (N-methyl/N-ethyl adjacent to an activating group) is 1. The van der Waals surface area contributed by atoms with Crippen molar-refractivity contribution in [2.45, 2.75) is 61.2 Å². The second kappa shape index (κ2) is 12.3. The van der Waals surface area contributed by atoms with E-state index in [9.17, 15) is 23.1 Å². The number of amides is 1. The molecule has 2 heterocycles. The first-order valence-electron chi connectivity index (χ1n) is 14.0. The number of hydrogen-bond acceptors (Lipinski definition) is 5. The van der Waals surface area contributed by atoms with Crippen molar-refractivity contribution in [3.8, 4) is 0 Å². The highest BCUT2D eigenvalue weighted by Gasteiger charge is 2.56. The van der Waals surface area contributed by atoms with Crippen molar-refractivity contribution in [1.82, 2.24) is 9.21 Å². The van der Waals surface area contributed by atoms with Gasteiger partial charge in [0.1, 0.15) is 4.21 Å². The summed E-state index contributed by atoms with van der Waals surface area (Å²) in [6, 6.07) is 17.2. The molecule has 11 heteroatoms. The summed E-state index contributed by atoms with van der Waals surface area (Å²) in [5.74, 6) is -1.49. The number of carboxylic acids is 1.